The fourth-order valence-electron chi connectivity index (χ4n) is 2.91. The highest BCUT2D eigenvalue weighted by molar-refractivity contribution is 5.91. The number of hydrogen-bond acceptors (Lipinski definition) is 4. The number of aromatic nitrogens is 1. The van der Waals surface area contributed by atoms with Crippen LogP contribution in [0.2, 0.25) is 0 Å². The summed E-state index contributed by atoms with van der Waals surface area (Å²) in [5, 5.41) is 2.94. The average Bonchev–Trinajstić information content (AvgIpc) is 2.58. The van der Waals surface area contributed by atoms with Crippen LogP contribution in [0.1, 0.15) is 17.5 Å². The molecule has 0 unspecified atom stereocenters. The minimum atomic E-state index is -0.0652. The van der Waals surface area contributed by atoms with Gasteiger partial charge in [-0.05, 0) is 24.1 Å². The first-order chi connectivity index (χ1) is 11.7. The molecule has 1 aliphatic rings. The van der Waals surface area contributed by atoms with Crippen LogP contribution < -0.4 is 5.32 Å². The van der Waals surface area contributed by atoms with Crippen molar-refractivity contribution in [2.45, 2.75) is 26.0 Å². The van der Waals surface area contributed by atoms with E-state index in [2.05, 4.69) is 39.5 Å². The summed E-state index contributed by atoms with van der Waals surface area (Å²) in [4.78, 5) is 18.6. The quantitative estimate of drug-likeness (QED) is 0.918. The summed E-state index contributed by atoms with van der Waals surface area (Å²) in [7, 11) is 0. The van der Waals surface area contributed by atoms with E-state index in [1.165, 1.54) is 5.56 Å². The Balaban J connectivity index is 1.51. The van der Waals surface area contributed by atoms with Gasteiger partial charge < -0.3 is 10.1 Å². The van der Waals surface area contributed by atoms with Gasteiger partial charge >= 0.3 is 0 Å². The van der Waals surface area contributed by atoms with E-state index < -0.39 is 0 Å². The van der Waals surface area contributed by atoms with Crippen molar-refractivity contribution >= 4 is 11.6 Å². The molecule has 5 nitrogen and oxygen atoms in total. The second-order valence-electron chi connectivity index (χ2n) is 6.16. The van der Waals surface area contributed by atoms with Gasteiger partial charge in [0.2, 0.25) is 5.91 Å². The van der Waals surface area contributed by atoms with E-state index in [-0.39, 0.29) is 12.0 Å². The Labute approximate surface area is 142 Å². The zero-order valence-electron chi connectivity index (χ0n) is 13.9. The molecule has 0 bridgehead atoms. The molecule has 126 valence electrons. The predicted octanol–water partition coefficient (Wildman–Crippen LogP) is 2.62. The van der Waals surface area contributed by atoms with Crippen molar-refractivity contribution in [1.29, 1.82) is 0 Å². The number of nitrogens with one attached hydrogen (secondary N) is 1. The zero-order chi connectivity index (χ0) is 16.8. The molecule has 1 aromatic heterocycles. The van der Waals surface area contributed by atoms with Gasteiger partial charge in [0.15, 0.2) is 0 Å². The van der Waals surface area contributed by atoms with Gasteiger partial charge in [0.05, 0.1) is 19.1 Å². The third-order valence-corrected chi connectivity index (χ3v) is 4.18. The van der Waals surface area contributed by atoms with Crippen LogP contribution in [0.15, 0.2) is 48.8 Å². The molecular weight excluding hydrogens is 302 g/mol. The Morgan fingerprint density at radius 3 is 2.96 bits per heavy atom. The van der Waals surface area contributed by atoms with E-state index >= 15 is 0 Å². The van der Waals surface area contributed by atoms with E-state index in [0.717, 1.165) is 30.9 Å². The molecular formula is C19H23N3O2. The summed E-state index contributed by atoms with van der Waals surface area (Å²) in [6.45, 7) is 5.17. The summed E-state index contributed by atoms with van der Waals surface area (Å²) < 4.78 is 5.77. The fraction of sp³-hybridized carbons (Fsp3) is 0.368. The Hall–Kier alpha value is -2.24. The van der Waals surface area contributed by atoms with Crippen molar-refractivity contribution in [1.82, 2.24) is 9.88 Å². The van der Waals surface area contributed by atoms with Crippen molar-refractivity contribution < 1.29 is 9.53 Å². The van der Waals surface area contributed by atoms with Crippen LogP contribution >= 0.6 is 0 Å². The SMILES string of the molecule is Cc1cnccc1NC(=O)C[C@@H]1CN(Cc2ccccc2)CCO1. The molecule has 5 heteroatoms. The van der Waals surface area contributed by atoms with Crippen LogP contribution in [-0.2, 0) is 16.1 Å². The highest BCUT2D eigenvalue weighted by atomic mass is 16.5. The fourth-order valence-corrected chi connectivity index (χ4v) is 2.91. The first-order valence-electron chi connectivity index (χ1n) is 8.29. The monoisotopic (exact) mass is 325 g/mol. The normalized spacial score (nSPS) is 18.3. The lowest BCUT2D eigenvalue weighted by Gasteiger charge is -2.32. The molecule has 0 saturated carbocycles. The first kappa shape index (κ1) is 16.6. The van der Waals surface area contributed by atoms with E-state index in [4.69, 9.17) is 4.74 Å². The Morgan fingerprint density at radius 2 is 2.17 bits per heavy atom. The number of aryl methyl sites for hydroxylation is 1. The third kappa shape index (κ3) is 4.63. The molecule has 1 amide bonds. The number of amides is 1. The molecule has 1 saturated heterocycles. The van der Waals surface area contributed by atoms with Gasteiger partial charge in [0, 0.05) is 37.7 Å². The van der Waals surface area contributed by atoms with Gasteiger partial charge in [-0.3, -0.25) is 14.7 Å². The number of hydrogen-bond donors (Lipinski definition) is 1. The number of morpholine rings is 1. The Kier molecular flexibility index (Phi) is 5.56. The summed E-state index contributed by atoms with van der Waals surface area (Å²) in [5.41, 5.74) is 3.06. The van der Waals surface area contributed by atoms with Crippen LogP contribution in [0.3, 0.4) is 0 Å². The maximum atomic E-state index is 12.3. The molecule has 1 atom stereocenters. The maximum absolute atomic E-state index is 12.3. The minimum absolute atomic E-state index is 0.0177. The van der Waals surface area contributed by atoms with E-state index in [0.29, 0.717) is 13.0 Å². The van der Waals surface area contributed by atoms with Crippen molar-refractivity contribution in [3.8, 4) is 0 Å². The summed E-state index contributed by atoms with van der Waals surface area (Å²) in [6, 6.07) is 12.2. The van der Waals surface area contributed by atoms with Crippen LogP contribution in [-0.4, -0.2) is 41.6 Å². The molecule has 2 heterocycles. The molecule has 2 aromatic rings. The number of pyridine rings is 1. The molecule has 0 aliphatic carbocycles. The lowest BCUT2D eigenvalue weighted by atomic mass is 10.1. The lowest BCUT2D eigenvalue weighted by Crippen LogP contribution is -2.43. The van der Waals surface area contributed by atoms with Crippen molar-refractivity contribution in [3.05, 3.63) is 59.9 Å². The number of anilines is 1. The van der Waals surface area contributed by atoms with Gasteiger partial charge in [-0.15, -0.1) is 0 Å². The predicted molar refractivity (Wildman–Crippen MR) is 93.7 cm³/mol. The first-order valence-corrected chi connectivity index (χ1v) is 8.29. The second-order valence-corrected chi connectivity index (χ2v) is 6.16. The molecule has 1 aromatic carbocycles. The van der Waals surface area contributed by atoms with Gasteiger partial charge in [-0.25, -0.2) is 0 Å². The van der Waals surface area contributed by atoms with Crippen molar-refractivity contribution in [2.75, 3.05) is 25.0 Å². The minimum Gasteiger partial charge on any atom is -0.375 e. The maximum Gasteiger partial charge on any atom is 0.227 e. The molecule has 1 fully saturated rings. The summed E-state index contributed by atoms with van der Waals surface area (Å²) in [5.74, 6) is -0.0177. The number of carbonyl (C=O) groups excluding carboxylic acids is 1. The number of carbonyl (C=O) groups is 1. The molecule has 1 N–H and O–H groups in total. The number of benzene rings is 1. The van der Waals surface area contributed by atoms with Crippen molar-refractivity contribution in [3.63, 3.8) is 0 Å². The Bertz CT molecular complexity index is 675. The summed E-state index contributed by atoms with van der Waals surface area (Å²) in [6.07, 6.45) is 3.73. The smallest absolute Gasteiger partial charge is 0.227 e. The standard InChI is InChI=1S/C19H23N3O2/c1-15-12-20-8-7-18(15)21-19(23)11-17-14-22(9-10-24-17)13-16-5-3-2-4-6-16/h2-8,12,17H,9-11,13-14H2,1H3,(H,20,21,23)/t17-/m1/s1. The van der Waals surface area contributed by atoms with Crippen LogP contribution in [0.5, 0.6) is 0 Å². The molecule has 1 aliphatic heterocycles. The average molecular weight is 325 g/mol. The van der Waals surface area contributed by atoms with Crippen LogP contribution in [0.4, 0.5) is 5.69 Å². The Morgan fingerprint density at radius 1 is 1.33 bits per heavy atom. The van der Waals surface area contributed by atoms with E-state index in [1.807, 2.05) is 19.1 Å². The summed E-state index contributed by atoms with van der Waals surface area (Å²) >= 11 is 0. The van der Waals surface area contributed by atoms with Gasteiger partial charge in [-0.2, -0.15) is 0 Å². The van der Waals surface area contributed by atoms with Gasteiger partial charge in [0.25, 0.3) is 0 Å². The number of ether oxygens (including phenoxy) is 1. The van der Waals surface area contributed by atoms with E-state index in [9.17, 15) is 4.79 Å². The highest BCUT2D eigenvalue weighted by Gasteiger charge is 2.23. The zero-order valence-corrected chi connectivity index (χ0v) is 13.9. The molecule has 3 rings (SSSR count). The van der Waals surface area contributed by atoms with Crippen LogP contribution in [0.25, 0.3) is 0 Å². The largest absolute Gasteiger partial charge is 0.375 e. The lowest BCUT2D eigenvalue weighted by molar-refractivity contribution is -0.121. The van der Waals surface area contributed by atoms with Crippen molar-refractivity contribution in [2.24, 2.45) is 0 Å². The molecule has 24 heavy (non-hydrogen) atoms. The highest BCUT2D eigenvalue weighted by Crippen LogP contribution is 2.15. The van der Waals surface area contributed by atoms with Gasteiger partial charge in [-0.1, -0.05) is 30.3 Å². The second kappa shape index (κ2) is 8.04. The number of nitrogens with zero attached hydrogens (tertiary/aromatic N) is 2. The van der Waals surface area contributed by atoms with E-state index in [1.54, 1.807) is 12.4 Å². The topological polar surface area (TPSA) is 54.5 Å². The number of rotatable bonds is 5. The molecule has 0 spiro atoms. The third-order valence-electron chi connectivity index (χ3n) is 4.18. The molecule has 0 radical (unpaired) electrons. The van der Waals surface area contributed by atoms with Gasteiger partial charge in [0.1, 0.15) is 0 Å². The van der Waals surface area contributed by atoms with Crippen LogP contribution in [0, 0.1) is 6.92 Å².